The minimum Gasteiger partial charge on any atom is -0.368 e. The van der Waals surface area contributed by atoms with E-state index in [1.807, 2.05) is 38.1 Å². The number of halogens is 1. The number of unbranched alkanes of at least 4 members (excludes halogenated alkanes) is 1. The van der Waals surface area contributed by atoms with Crippen LogP contribution in [0, 0.1) is 0 Å². The van der Waals surface area contributed by atoms with Crippen LogP contribution in [-0.4, -0.2) is 23.7 Å². The summed E-state index contributed by atoms with van der Waals surface area (Å²) in [5.41, 5.74) is 4.87. The Morgan fingerprint density at radius 1 is 1.35 bits per heavy atom. The summed E-state index contributed by atoms with van der Waals surface area (Å²) in [4.78, 5) is 12.7. The second-order valence-electron chi connectivity index (χ2n) is 4.99. The summed E-state index contributed by atoms with van der Waals surface area (Å²) >= 11 is 7.65. The summed E-state index contributed by atoms with van der Waals surface area (Å²) < 4.78 is 0. The molecule has 0 saturated carbocycles. The molecule has 1 amide bonds. The van der Waals surface area contributed by atoms with Crippen LogP contribution in [0.3, 0.4) is 0 Å². The number of carbonyl (C=O) groups is 1. The van der Waals surface area contributed by atoms with Gasteiger partial charge in [0.2, 0.25) is 5.91 Å². The zero-order chi connectivity index (χ0) is 15.0. The van der Waals surface area contributed by atoms with Crippen molar-refractivity contribution in [1.82, 2.24) is 5.32 Å². The van der Waals surface area contributed by atoms with Gasteiger partial charge in [0, 0.05) is 9.92 Å². The predicted octanol–water partition coefficient (Wildman–Crippen LogP) is 3.46. The van der Waals surface area contributed by atoms with Crippen LogP contribution in [0.4, 0.5) is 0 Å². The quantitative estimate of drug-likeness (QED) is 0.542. The minimum atomic E-state index is -0.584. The lowest BCUT2D eigenvalue weighted by molar-refractivity contribution is -0.124. The second kappa shape index (κ2) is 8.55. The molecule has 3 nitrogen and oxygen atoms in total. The number of amides is 1. The Labute approximate surface area is 130 Å². The van der Waals surface area contributed by atoms with Crippen LogP contribution in [0.5, 0.6) is 0 Å². The van der Waals surface area contributed by atoms with E-state index in [4.69, 9.17) is 17.3 Å². The maximum absolute atomic E-state index is 11.5. The molecule has 0 aliphatic heterocycles. The van der Waals surface area contributed by atoms with Gasteiger partial charge in [0.1, 0.15) is 0 Å². The van der Waals surface area contributed by atoms with E-state index in [1.165, 1.54) is 4.90 Å². The molecule has 5 heteroatoms. The second-order valence-corrected chi connectivity index (χ2v) is 6.59. The number of thioether (sulfide) groups is 1. The third-order valence-corrected chi connectivity index (χ3v) is 4.61. The lowest BCUT2D eigenvalue weighted by atomic mass is 9.94. The number of nitrogens with one attached hydrogen (secondary N) is 1. The molecule has 0 fully saturated rings. The topological polar surface area (TPSA) is 55.1 Å². The molecule has 0 radical (unpaired) electrons. The normalized spacial score (nSPS) is 13.9. The van der Waals surface area contributed by atoms with Crippen LogP contribution in [-0.2, 0) is 4.79 Å². The van der Waals surface area contributed by atoms with Crippen molar-refractivity contribution in [1.29, 1.82) is 0 Å². The first-order valence-corrected chi connectivity index (χ1v) is 8.27. The van der Waals surface area contributed by atoms with Gasteiger partial charge in [-0.05, 0) is 56.3 Å². The number of hydrogen-bond acceptors (Lipinski definition) is 3. The molecule has 0 aliphatic rings. The van der Waals surface area contributed by atoms with E-state index < -0.39 is 5.54 Å². The van der Waals surface area contributed by atoms with Gasteiger partial charge in [-0.25, -0.2) is 0 Å². The number of nitrogens with two attached hydrogens (primary N) is 1. The molecule has 1 atom stereocenters. The zero-order valence-electron chi connectivity index (χ0n) is 12.1. The lowest BCUT2D eigenvalue weighted by Crippen LogP contribution is -2.52. The summed E-state index contributed by atoms with van der Waals surface area (Å²) in [6.45, 7) is 4.61. The molecule has 3 N–H and O–H groups in total. The predicted molar refractivity (Wildman–Crippen MR) is 87.3 cm³/mol. The highest BCUT2D eigenvalue weighted by Crippen LogP contribution is 2.22. The van der Waals surface area contributed by atoms with Crippen LogP contribution < -0.4 is 11.1 Å². The summed E-state index contributed by atoms with van der Waals surface area (Å²) in [7, 11) is 0. The fourth-order valence-electron chi connectivity index (χ4n) is 1.99. The molecule has 1 rings (SSSR count). The molecule has 0 aliphatic carbocycles. The fraction of sp³-hybridized carbons (Fsp3) is 0.533. The van der Waals surface area contributed by atoms with Crippen molar-refractivity contribution in [2.45, 2.75) is 43.5 Å². The van der Waals surface area contributed by atoms with Gasteiger partial charge in [-0.3, -0.25) is 4.79 Å². The highest BCUT2D eigenvalue weighted by molar-refractivity contribution is 7.99. The summed E-state index contributed by atoms with van der Waals surface area (Å²) in [6.07, 6.45) is 2.81. The molecule has 112 valence electrons. The van der Waals surface area contributed by atoms with Gasteiger partial charge in [-0.2, -0.15) is 0 Å². The van der Waals surface area contributed by atoms with Crippen molar-refractivity contribution in [3.8, 4) is 0 Å². The Kier molecular flexibility index (Phi) is 7.41. The van der Waals surface area contributed by atoms with E-state index in [9.17, 15) is 4.79 Å². The third kappa shape index (κ3) is 5.73. The van der Waals surface area contributed by atoms with Crippen molar-refractivity contribution in [2.75, 3.05) is 12.3 Å². The number of benzene rings is 1. The van der Waals surface area contributed by atoms with Gasteiger partial charge in [-0.1, -0.05) is 24.9 Å². The van der Waals surface area contributed by atoms with Gasteiger partial charge >= 0.3 is 0 Å². The lowest BCUT2D eigenvalue weighted by Gasteiger charge is -2.26. The van der Waals surface area contributed by atoms with Crippen molar-refractivity contribution in [3.05, 3.63) is 29.3 Å². The number of carbonyl (C=O) groups excluding carboxylic acids is 1. The average molecular weight is 315 g/mol. The molecule has 0 saturated heterocycles. The van der Waals surface area contributed by atoms with Crippen LogP contribution in [0.15, 0.2) is 29.2 Å². The van der Waals surface area contributed by atoms with Crippen LogP contribution in [0.1, 0.15) is 33.1 Å². The molecule has 1 unspecified atom stereocenters. The van der Waals surface area contributed by atoms with Crippen LogP contribution in [0.25, 0.3) is 0 Å². The zero-order valence-corrected chi connectivity index (χ0v) is 13.7. The van der Waals surface area contributed by atoms with E-state index in [-0.39, 0.29) is 5.91 Å². The summed E-state index contributed by atoms with van der Waals surface area (Å²) in [5.74, 6) is 0.757. The Bertz CT molecular complexity index is 424. The number of likely N-dealkylation sites (N-methyl/N-ethyl adjacent to an activating group) is 1. The molecule has 0 heterocycles. The molecule has 1 aromatic carbocycles. The van der Waals surface area contributed by atoms with Gasteiger partial charge < -0.3 is 11.1 Å². The van der Waals surface area contributed by atoms with Gasteiger partial charge in [0.25, 0.3) is 0 Å². The Hall–Kier alpha value is -0.710. The average Bonchev–Trinajstić information content (AvgIpc) is 2.40. The van der Waals surface area contributed by atoms with Crippen molar-refractivity contribution in [3.63, 3.8) is 0 Å². The summed E-state index contributed by atoms with van der Waals surface area (Å²) in [6, 6.07) is 7.86. The van der Waals surface area contributed by atoms with E-state index in [2.05, 4.69) is 5.32 Å². The Balaban J connectivity index is 2.27. The first-order valence-electron chi connectivity index (χ1n) is 6.91. The molecular weight excluding hydrogens is 292 g/mol. The number of primary amides is 1. The van der Waals surface area contributed by atoms with Crippen LogP contribution >= 0.6 is 23.4 Å². The van der Waals surface area contributed by atoms with E-state index in [1.54, 1.807) is 11.8 Å². The highest BCUT2D eigenvalue weighted by Gasteiger charge is 2.28. The number of rotatable bonds is 9. The first-order chi connectivity index (χ1) is 9.48. The largest absolute Gasteiger partial charge is 0.368 e. The van der Waals surface area contributed by atoms with Gasteiger partial charge in [0.05, 0.1) is 5.54 Å². The summed E-state index contributed by atoms with van der Waals surface area (Å²) in [5, 5.41) is 3.94. The monoisotopic (exact) mass is 314 g/mol. The molecular formula is C15H23ClN2OS. The highest BCUT2D eigenvalue weighted by atomic mass is 35.5. The maximum Gasteiger partial charge on any atom is 0.237 e. The van der Waals surface area contributed by atoms with Crippen molar-refractivity contribution in [2.24, 2.45) is 5.73 Å². The molecule has 20 heavy (non-hydrogen) atoms. The minimum absolute atomic E-state index is 0.273. The smallest absolute Gasteiger partial charge is 0.237 e. The molecule has 1 aromatic rings. The van der Waals surface area contributed by atoms with Gasteiger partial charge in [0.15, 0.2) is 0 Å². The van der Waals surface area contributed by atoms with Crippen LogP contribution in [0.2, 0.25) is 5.02 Å². The Morgan fingerprint density at radius 2 is 2.00 bits per heavy atom. The molecule has 0 spiro atoms. The molecule has 0 bridgehead atoms. The maximum atomic E-state index is 11.5. The first kappa shape index (κ1) is 17.3. The Morgan fingerprint density at radius 3 is 2.55 bits per heavy atom. The third-order valence-electron chi connectivity index (χ3n) is 3.26. The fourth-order valence-corrected chi connectivity index (χ4v) is 3.03. The molecule has 0 aromatic heterocycles. The standard InChI is InChI=1S/C15H23ClN2OS/c1-3-18-15(2,14(17)19)10-4-5-11-20-13-8-6-12(16)7-9-13/h6-9,18H,3-5,10-11H2,1-2H3,(H2,17,19). The SMILES string of the molecule is CCNC(C)(CCCCSc1ccc(Cl)cc1)C(N)=O. The van der Waals surface area contributed by atoms with E-state index >= 15 is 0 Å². The van der Waals surface area contributed by atoms with Gasteiger partial charge in [-0.15, -0.1) is 11.8 Å². The number of hydrogen-bond donors (Lipinski definition) is 2. The van der Waals surface area contributed by atoms with E-state index in [0.717, 1.165) is 36.6 Å². The van der Waals surface area contributed by atoms with Crippen molar-refractivity contribution >= 4 is 29.3 Å². The van der Waals surface area contributed by atoms with Crippen molar-refractivity contribution < 1.29 is 4.79 Å². The van der Waals surface area contributed by atoms with E-state index in [0.29, 0.717) is 0 Å².